The fourth-order valence-electron chi connectivity index (χ4n) is 2.02. The van der Waals surface area contributed by atoms with E-state index >= 15 is 0 Å². The van der Waals surface area contributed by atoms with Crippen molar-refractivity contribution in [1.29, 1.82) is 0 Å². The summed E-state index contributed by atoms with van der Waals surface area (Å²) in [4.78, 5) is 12.1. The van der Waals surface area contributed by atoms with E-state index in [9.17, 15) is 4.79 Å². The van der Waals surface area contributed by atoms with Gasteiger partial charge in [-0.25, -0.2) is 3.96 Å². The smallest absolute Gasteiger partial charge is 0.269 e. The first kappa shape index (κ1) is 12.1. The highest BCUT2D eigenvalue weighted by Gasteiger charge is 2.05. The van der Waals surface area contributed by atoms with Crippen LogP contribution in [0.4, 0.5) is 0 Å². The number of hydrogen-bond donors (Lipinski definition) is 1. The maximum absolute atomic E-state index is 12.1. The third-order valence-corrected chi connectivity index (χ3v) is 4.05. The molecule has 0 atom stereocenters. The van der Waals surface area contributed by atoms with Crippen molar-refractivity contribution in [3.8, 4) is 0 Å². The molecule has 0 bridgehead atoms. The average molecular weight is 270 g/mol. The molecule has 0 unspecified atom stereocenters. The van der Waals surface area contributed by atoms with Crippen LogP contribution in [0.1, 0.15) is 5.56 Å². The molecule has 19 heavy (non-hydrogen) atoms. The number of benzene rings is 2. The minimum absolute atomic E-state index is 0.0844. The van der Waals surface area contributed by atoms with Gasteiger partial charge < -0.3 is 0 Å². The van der Waals surface area contributed by atoms with E-state index in [-0.39, 0.29) is 5.56 Å². The summed E-state index contributed by atoms with van der Waals surface area (Å²) in [5.74, 6) is 0. The van der Waals surface area contributed by atoms with Crippen LogP contribution in [-0.4, -0.2) is 3.96 Å². The van der Waals surface area contributed by atoms with Crippen LogP contribution in [0.2, 0.25) is 0 Å². The molecule has 0 radical (unpaired) electrons. The van der Waals surface area contributed by atoms with Gasteiger partial charge in [-0.05, 0) is 17.7 Å². The summed E-state index contributed by atoms with van der Waals surface area (Å²) in [5.41, 5.74) is 1.30. The number of fused-ring (bicyclic) bond motifs is 1. The van der Waals surface area contributed by atoms with Gasteiger partial charge in [0.25, 0.3) is 5.56 Å². The summed E-state index contributed by atoms with van der Waals surface area (Å²) in [6.45, 7) is 1.31. The number of aromatic nitrogens is 1. The molecule has 0 aliphatic carbocycles. The molecule has 1 heterocycles. The maximum Gasteiger partial charge on any atom is 0.269 e. The first-order valence-corrected chi connectivity index (χ1v) is 6.95. The van der Waals surface area contributed by atoms with Crippen LogP contribution in [0.15, 0.2) is 59.4 Å². The van der Waals surface area contributed by atoms with Crippen molar-refractivity contribution in [2.24, 2.45) is 0 Å². The Balaban J connectivity index is 1.72. The highest BCUT2D eigenvalue weighted by Crippen LogP contribution is 2.15. The lowest BCUT2D eigenvalue weighted by Gasteiger charge is -2.04. The second-order valence-corrected chi connectivity index (χ2v) is 5.40. The van der Waals surface area contributed by atoms with Gasteiger partial charge in [-0.2, -0.15) is 0 Å². The van der Waals surface area contributed by atoms with Crippen LogP contribution < -0.4 is 10.9 Å². The van der Waals surface area contributed by atoms with Crippen molar-refractivity contribution < 1.29 is 0 Å². The molecule has 0 saturated heterocycles. The number of nitrogens with zero attached hydrogens (tertiary/aromatic N) is 1. The van der Waals surface area contributed by atoms with E-state index in [2.05, 4.69) is 17.4 Å². The van der Waals surface area contributed by atoms with Crippen LogP contribution in [0.5, 0.6) is 0 Å². The predicted molar refractivity (Wildman–Crippen MR) is 79.4 cm³/mol. The Morgan fingerprint density at radius 2 is 1.74 bits per heavy atom. The molecular formula is C15H14N2OS. The van der Waals surface area contributed by atoms with Gasteiger partial charge in [-0.15, -0.1) is 0 Å². The third kappa shape index (κ3) is 2.59. The van der Waals surface area contributed by atoms with Crippen molar-refractivity contribution in [3.63, 3.8) is 0 Å². The first-order valence-electron chi connectivity index (χ1n) is 6.18. The molecule has 0 fully saturated rings. The molecular weight excluding hydrogens is 256 g/mol. The summed E-state index contributed by atoms with van der Waals surface area (Å²) < 4.78 is 2.79. The van der Waals surface area contributed by atoms with Gasteiger partial charge >= 0.3 is 0 Å². The quantitative estimate of drug-likeness (QED) is 0.791. The minimum Gasteiger partial charge on any atom is -0.295 e. The second-order valence-electron chi connectivity index (χ2n) is 4.34. The lowest BCUT2D eigenvalue weighted by molar-refractivity contribution is 0.579. The lowest BCUT2D eigenvalue weighted by Crippen LogP contribution is -2.23. The van der Waals surface area contributed by atoms with Crippen molar-refractivity contribution >= 4 is 21.6 Å². The van der Waals surface area contributed by atoms with Crippen molar-refractivity contribution in [2.75, 3.05) is 0 Å². The molecule has 1 N–H and O–H groups in total. The molecule has 3 nitrogen and oxygen atoms in total. The molecule has 0 aliphatic heterocycles. The van der Waals surface area contributed by atoms with Crippen LogP contribution >= 0.6 is 11.5 Å². The Morgan fingerprint density at radius 1 is 1.00 bits per heavy atom. The van der Waals surface area contributed by atoms with Gasteiger partial charge in [-0.1, -0.05) is 54.0 Å². The summed E-state index contributed by atoms with van der Waals surface area (Å²) in [7, 11) is 0. The normalized spacial score (nSPS) is 10.9. The Morgan fingerprint density at radius 3 is 2.53 bits per heavy atom. The Labute approximate surface area is 115 Å². The van der Waals surface area contributed by atoms with Crippen LogP contribution in [0, 0.1) is 0 Å². The molecule has 96 valence electrons. The molecule has 0 saturated carbocycles. The zero-order chi connectivity index (χ0) is 13.1. The minimum atomic E-state index is 0.0844. The van der Waals surface area contributed by atoms with E-state index in [0.717, 1.165) is 16.6 Å². The molecule has 4 heteroatoms. The highest BCUT2D eigenvalue weighted by atomic mass is 32.1. The van der Waals surface area contributed by atoms with Gasteiger partial charge in [-0.3, -0.25) is 10.1 Å². The van der Waals surface area contributed by atoms with Crippen molar-refractivity contribution in [2.45, 2.75) is 13.2 Å². The Hall–Kier alpha value is -1.91. The van der Waals surface area contributed by atoms with Crippen LogP contribution in [0.25, 0.3) is 10.1 Å². The van der Waals surface area contributed by atoms with Gasteiger partial charge in [0, 0.05) is 6.54 Å². The fourth-order valence-corrected chi connectivity index (χ4v) is 2.99. The maximum atomic E-state index is 12.1. The summed E-state index contributed by atoms with van der Waals surface area (Å²) in [6.07, 6.45) is 0. The van der Waals surface area contributed by atoms with E-state index in [4.69, 9.17) is 0 Å². The molecule has 2 aromatic carbocycles. The highest BCUT2D eigenvalue weighted by molar-refractivity contribution is 7.13. The zero-order valence-electron chi connectivity index (χ0n) is 10.4. The second kappa shape index (κ2) is 5.38. The van der Waals surface area contributed by atoms with Gasteiger partial charge in [0.05, 0.1) is 16.8 Å². The van der Waals surface area contributed by atoms with Crippen LogP contribution in [-0.2, 0) is 13.2 Å². The molecule has 0 aliphatic rings. The van der Waals surface area contributed by atoms with E-state index in [1.807, 2.05) is 42.5 Å². The zero-order valence-corrected chi connectivity index (χ0v) is 11.2. The number of hydrogen-bond acceptors (Lipinski definition) is 3. The first-order chi connectivity index (χ1) is 9.34. The number of nitrogens with one attached hydrogen (secondary N) is 1. The van der Waals surface area contributed by atoms with E-state index in [0.29, 0.717) is 6.67 Å². The standard InChI is InChI=1S/C15H14N2OS/c18-15-13-8-4-5-9-14(13)19-17(15)11-16-10-12-6-2-1-3-7-12/h1-9,16H,10-11H2. The van der Waals surface area contributed by atoms with Crippen LogP contribution in [0.3, 0.4) is 0 Å². The van der Waals surface area contributed by atoms with Gasteiger partial charge in [0.15, 0.2) is 0 Å². The topological polar surface area (TPSA) is 34.0 Å². The Kier molecular flexibility index (Phi) is 3.44. The lowest BCUT2D eigenvalue weighted by atomic mass is 10.2. The van der Waals surface area contributed by atoms with Gasteiger partial charge in [0.1, 0.15) is 0 Å². The SMILES string of the molecule is O=c1c2ccccc2sn1CNCc1ccccc1. The largest absolute Gasteiger partial charge is 0.295 e. The van der Waals surface area contributed by atoms with Crippen molar-refractivity contribution in [3.05, 3.63) is 70.5 Å². The van der Waals surface area contributed by atoms with E-state index < -0.39 is 0 Å². The summed E-state index contributed by atoms with van der Waals surface area (Å²) in [5, 5.41) is 4.09. The fraction of sp³-hybridized carbons (Fsp3) is 0.133. The molecule has 1 aromatic heterocycles. The van der Waals surface area contributed by atoms with Gasteiger partial charge in [0.2, 0.25) is 0 Å². The van der Waals surface area contributed by atoms with E-state index in [1.54, 1.807) is 3.96 Å². The summed E-state index contributed by atoms with van der Waals surface area (Å²) in [6, 6.07) is 17.9. The molecule has 0 spiro atoms. The summed E-state index contributed by atoms with van der Waals surface area (Å²) >= 11 is 1.50. The third-order valence-electron chi connectivity index (χ3n) is 2.98. The van der Waals surface area contributed by atoms with Crippen molar-refractivity contribution in [1.82, 2.24) is 9.27 Å². The Bertz CT molecular complexity index is 730. The number of rotatable bonds is 4. The average Bonchev–Trinajstić information content (AvgIpc) is 2.78. The predicted octanol–water partition coefficient (Wildman–Crippen LogP) is 2.81. The molecule has 3 rings (SSSR count). The molecule has 3 aromatic rings. The molecule has 0 amide bonds. The monoisotopic (exact) mass is 270 g/mol. The van der Waals surface area contributed by atoms with E-state index in [1.165, 1.54) is 17.1 Å².